The number of aryl methyl sites for hydroxylation is 2. The SMILES string of the molecule is Cc1nn(C)c(C)c1CCC(=O)NCC(=O)N[C@@H](CC(C)C)C(=O)O. The van der Waals surface area contributed by atoms with Crippen LogP contribution in [-0.4, -0.2) is 45.3 Å². The van der Waals surface area contributed by atoms with E-state index in [1.54, 1.807) is 4.68 Å². The lowest BCUT2D eigenvalue weighted by atomic mass is 10.0. The number of amides is 2. The third-order valence-electron chi connectivity index (χ3n) is 4.05. The Bertz CT molecular complexity index is 637. The first-order chi connectivity index (χ1) is 11.6. The van der Waals surface area contributed by atoms with Crippen LogP contribution in [0.1, 0.15) is 43.6 Å². The fraction of sp³-hybridized carbons (Fsp3) is 0.647. The van der Waals surface area contributed by atoms with Crippen LogP contribution in [0.25, 0.3) is 0 Å². The molecular weight excluding hydrogens is 324 g/mol. The summed E-state index contributed by atoms with van der Waals surface area (Å²) >= 11 is 0. The Hall–Kier alpha value is -2.38. The summed E-state index contributed by atoms with van der Waals surface area (Å²) in [5.74, 6) is -1.69. The van der Waals surface area contributed by atoms with Gasteiger partial charge in [0.15, 0.2) is 0 Å². The molecule has 0 fully saturated rings. The number of nitrogens with zero attached hydrogens (tertiary/aromatic N) is 2. The van der Waals surface area contributed by atoms with Crippen LogP contribution in [0.15, 0.2) is 0 Å². The predicted molar refractivity (Wildman–Crippen MR) is 93.0 cm³/mol. The molecule has 0 bridgehead atoms. The Balaban J connectivity index is 2.42. The number of hydrogen-bond acceptors (Lipinski definition) is 4. The van der Waals surface area contributed by atoms with E-state index in [0.717, 1.165) is 17.0 Å². The van der Waals surface area contributed by atoms with Crippen LogP contribution in [0.5, 0.6) is 0 Å². The van der Waals surface area contributed by atoms with E-state index in [-0.39, 0.29) is 24.8 Å². The van der Waals surface area contributed by atoms with Crippen molar-refractivity contribution in [2.75, 3.05) is 6.54 Å². The van der Waals surface area contributed by atoms with Crippen molar-refractivity contribution >= 4 is 17.8 Å². The molecule has 0 aliphatic heterocycles. The van der Waals surface area contributed by atoms with E-state index in [1.165, 1.54) is 0 Å². The van der Waals surface area contributed by atoms with Gasteiger partial charge in [-0.25, -0.2) is 4.79 Å². The number of carbonyl (C=O) groups excluding carboxylic acids is 2. The maximum Gasteiger partial charge on any atom is 0.326 e. The summed E-state index contributed by atoms with van der Waals surface area (Å²) in [6.45, 7) is 7.38. The van der Waals surface area contributed by atoms with Gasteiger partial charge >= 0.3 is 5.97 Å². The van der Waals surface area contributed by atoms with Gasteiger partial charge in [0.1, 0.15) is 6.04 Å². The fourth-order valence-electron chi connectivity index (χ4n) is 2.62. The molecule has 8 nitrogen and oxygen atoms in total. The quantitative estimate of drug-likeness (QED) is 0.605. The van der Waals surface area contributed by atoms with Gasteiger partial charge in [-0.15, -0.1) is 0 Å². The zero-order chi connectivity index (χ0) is 19.1. The molecule has 1 rings (SSSR count). The standard InChI is InChI=1S/C17H28N4O4/c1-10(2)8-14(17(24)25)19-16(23)9-18-15(22)7-6-13-11(3)20-21(5)12(13)4/h10,14H,6-9H2,1-5H3,(H,18,22)(H,19,23)(H,24,25)/t14-/m0/s1. The highest BCUT2D eigenvalue weighted by Gasteiger charge is 2.21. The maximum atomic E-state index is 11.9. The fourth-order valence-corrected chi connectivity index (χ4v) is 2.62. The molecule has 1 heterocycles. The molecule has 1 atom stereocenters. The highest BCUT2D eigenvalue weighted by Crippen LogP contribution is 2.13. The lowest BCUT2D eigenvalue weighted by Gasteiger charge is -2.16. The van der Waals surface area contributed by atoms with Crippen LogP contribution < -0.4 is 10.6 Å². The summed E-state index contributed by atoms with van der Waals surface area (Å²) in [5.41, 5.74) is 2.94. The van der Waals surface area contributed by atoms with Crippen molar-refractivity contribution in [2.45, 2.75) is 53.0 Å². The van der Waals surface area contributed by atoms with Gasteiger partial charge in [-0.3, -0.25) is 14.3 Å². The molecule has 25 heavy (non-hydrogen) atoms. The Labute approximate surface area is 148 Å². The zero-order valence-corrected chi connectivity index (χ0v) is 15.5. The summed E-state index contributed by atoms with van der Waals surface area (Å²) < 4.78 is 1.77. The molecule has 0 unspecified atom stereocenters. The number of nitrogens with one attached hydrogen (secondary N) is 2. The molecule has 0 aromatic carbocycles. The summed E-state index contributed by atoms with van der Waals surface area (Å²) in [5, 5.41) is 18.4. The molecule has 0 saturated heterocycles. The average molecular weight is 352 g/mol. The van der Waals surface area contributed by atoms with Gasteiger partial charge in [0.25, 0.3) is 0 Å². The van der Waals surface area contributed by atoms with Gasteiger partial charge < -0.3 is 15.7 Å². The normalized spacial score (nSPS) is 12.1. The minimum absolute atomic E-state index is 0.141. The minimum Gasteiger partial charge on any atom is -0.480 e. The van der Waals surface area contributed by atoms with Crippen LogP contribution in [0.4, 0.5) is 0 Å². The van der Waals surface area contributed by atoms with Gasteiger partial charge in [-0.1, -0.05) is 13.8 Å². The van der Waals surface area contributed by atoms with Crippen molar-refractivity contribution in [2.24, 2.45) is 13.0 Å². The lowest BCUT2D eigenvalue weighted by Crippen LogP contribution is -2.46. The number of carboxylic acid groups (broad SMARTS) is 1. The summed E-state index contributed by atoms with van der Waals surface area (Å²) in [4.78, 5) is 34.9. The molecule has 8 heteroatoms. The molecular formula is C17H28N4O4. The van der Waals surface area contributed by atoms with Crippen molar-refractivity contribution in [3.8, 4) is 0 Å². The highest BCUT2D eigenvalue weighted by molar-refractivity contribution is 5.87. The van der Waals surface area contributed by atoms with Crippen LogP contribution in [-0.2, 0) is 27.9 Å². The average Bonchev–Trinajstić information content (AvgIpc) is 2.75. The largest absolute Gasteiger partial charge is 0.480 e. The van der Waals surface area contributed by atoms with Crippen molar-refractivity contribution < 1.29 is 19.5 Å². The molecule has 1 aromatic heterocycles. The number of hydrogen-bond donors (Lipinski definition) is 3. The monoisotopic (exact) mass is 352 g/mol. The van der Waals surface area contributed by atoms with E-state index >= 15 is 0 Å². The van der Waals surface area contributed by atoms with Crippen molar-refractivity contribution in [1.29, 1.82) is 0 Å². The highest BCUT2D eigenvalue weighted by atomic mass is 16.4. The minimum atomic E-state index is -1.07. The second kappa shape index (κ2) is 9.19. The van der Waals surface area contributed by atoms with E-state index in [1.807, 2.05) is 34.7 Å². The van der Waals surface area contributed by atoms with E-state index in [2.05, 4.69) is 15.7 Å². The number of aliphatic carboxylic acids is 1. The van der Waals surface area contributed by atoms with Gasteiger partial charge in [0.05, 0.1) is 12.2 Å². The van der Waals surface area contributed by atoms with Crippen molar-refractivity contribution in [1.82, 2.24) is 20.4 Å². The summed E-state index contributed by atoms with van der Waals surface area (Å²) in [6, 6.07) is -0.940. The van der Waals surface area contributed by atoms with E-state index < -0.39 is 17.9 Å². The Morgan fingerprint density at radius 3 is 2.32 bits per heavy atom. The molecule has 0 aliphatic carbocycles. The van der Waals surface area contributed by atoms with E-state index in [0.29, 0.717) is 12.8 Å². The van der Waals surface area contributed by atoms with Gasteiger partial charge in [0.2, 0.25) is 11.8 Å². The summed E-state index contributed by atoms with van der Waals surface area (Å²) in [6.07, 6.45) is 1.13. The van der Waals surface area contributed by atoms with Crippen LogP contribution in [0.3, 0.4) is 0 Å². The first-order valence-electron chi connectivity index (χ1n) is 8.39. The maximum absolute atomic E-state index is 11.9. The van der Waals surface area contributed by atoms with E-state index in [4.69, 9.17) is 5.11 Å². The van der Waals surface area contributed by atoms with Crippen LogP contribution >= 0.6 is 0 Å². The lowest BCUT2D eigenvalue weighted by molar-refractivity contribution is -0.142. The molecule has 2 amide bonds. The Morgan fingerprint density at radius 2 is 1.84 bits per heavy atom. The molecule has 140 valence electrons. The molecule has 0 aliphatic rings. The number of rotatable bonds is 9. The number of aromatic nitrogens is 2. The van der Waals surface area contributed by atoms with Gasteiger partial charge in [0, 0.05) is 19.2 Å². The smallest absolute Gasteiger partial charge is 0.326 e. The number of carboxylic acids is 1. The zero-order valence-electron chi connectivity index (χ0n) is 15.5. The second-order valence-corrected chi connectivity index (χ2v) is 6.64. The van der Waals surface area contributed by atoms with Crippen molar-refractivity contribution in [3.05, 3.63) is 17.0 Å². The van der Waals surface area contributed by atoms with Gasteiger partial charge in [-0.05, 0) is 38.2 Å². The predicted octanol–water partition coefficient (Wildman–Crippen LogP) is 0.701. The second-order valence-electron chi connectivity index (χ2n) is 6.64. The molecule has 0 spiro atoms. The molecule has 3 N–H and O–H groups in total. The van der Waals surface area contributed by atoms with Gasteiger partial charge in [-0.2, -0.15) is 5.10 Å². The Morgan fingerprint density at radius 1 is 1.20 bits per heavy atom. The topological polar surface area (TPSA) is 113 Å². The van der Waals surface area contributed by atoms with E-state index in [9.17, 15) is 14.4 Å². The van der Waals surface area contributed by atoms with Crippen molar-refractivity contribution in [3.63, 3.8) is 0 Å². The molecule has 0 radical (unpaired) electrons. The molecule has 1 aromatic rings. The first kappa shape index (κ1) is 20.7. The third kappa shape index (κ3) is 6.56. The third-order valence-corrected chi connectivity index (χ3v) is 4.05. The van der Waals surface area contributed by atoms with Crippen LogP contribution in [0, 0.1) is 19.8 Å². The summed E-state index contributed by atoms with van der Waals surface area (Å²) in [7, 11) is 1.85. The number of carbonyl (C=O) groups is 3. The first-order valence-corrected chi connectivity index (χ1v) is 8.39. The Kier molecular flexibility index (Phi) is 7.60. The molecule has 0 saturated carbocycles. The van der Waals surface area contributed by atoms with Crippen LogP contribution in [0.2, 0.25) is 0 Å².